The van der Waals surface area contributed by atoms with Gasteiger partial charge in [-0.2, -0.15) is 0 Å². The minimum atomic E-state index is -0.843. The third kappa shape index (κ3) is 5.68. The minimum absolute atomic E-state index is 0.0373. The number of halogens is 2. The number of rotatable bonds is 9. The zero-order chi connectivity index (χ0) is 29.6. The summed E-state index contributed by atoms with van der Waals surface area (Å²) in [7, 11) is 0. The lowest BCUT2D eigenvalue weighted by Crippen LogP contribution is -2.32. The Hall–Kier alpha value is -2.25. The van der Waals surface area contributed by atoms with Crippen LogP contribution in [0.25, 0.3) is 0 Å². The van der Waals surface area contributed by atoms with E-state index in [-0.39, 0.29) is 55.4 Å². The number of aliphatic hydroxyl groups excluding tert-OH is 1. The van der Waals surface area contributed by atoms with E-state index < -0.39 is 17.4 Å². The van der Waals surface area contributed by atoms with Gasteiger partial charge in [0.15, 0.2) is 28.9 Å². The molecule has 42 heavy (non-hydrogen) atoms. The molecule has 2 aliphatic heterocycles. The fraction of sp³-hybridized carbons (Fsp3) is 0.667. The monoisotopic (exact) mass is 603 g/mol. The first-order valence-corrected chi connectivity index (χ1v) is 16.0. The van der Waals surface area contributed by atoms with Crippen LogP contribution in [0, 0.1) is 17.6 Å². The highest BCUT2D eigenvalue weighted by Crippen LogP contribution is 2.48. The first-order chi connectivity index (χ1) is 20.2. The molecule has 4 aliphatic rings. The summed E-state index contributed by atoms with van der Waals surface area (Å²) in [5, 5.41) is 19.7. The minimum Gasteiger partial charge on any atom is -0.394 e. The SMILES string of the molecule is CCCSC1=Nc2c(nnn2C2CC(OCCO)C3OC(C)(CC)OC32)C(=NC2CC2c2ccc(F)c(F)c2)CC1C. The molecule has 0 radical (unpaired) electrons. The van der Waals surface area contributed by atoms with Gasteiger partial charge in [-0.15, -0.1) is 16.9 Å². The smallest absolute Gasteiger partial charge is 0.181 e. The van der Waals surface area contributed by atoms with E-state index in [2.05, 4.69) is 24.2 Å². The van der Waals surface area contributed by atoms with Crippen LogP contribution in [0.5, 0.6) is 0 Å². The molecule has 1 aromatic heterocycles. The third-order valence-corrected chi connectivity index (χ3v) is 10.1. The maximum Gasteiger partial charge on any atom is 0.181 e. The molecule has 228 valence electrons. The van der Waals surface area contributed by atoms with Crippen molar-refractivity contribution in [2.24, 2.45) is 15.9 Å². The number of benzene rings is 1. The molecule has 8 atom stereocenters. The van der Waals surface area contributed by atoms with E-state index in [1.54, 1.807) is 17.8 Å². The van der Waals surface area contributed by atoms with Crippen molar-refractivity contribution in [2.75, 3.05) is 19.0 Å². The molecule has 3 heterocycles. The molecule has 0 spiro atoms. The zero-order valence-electron chi connectivity index (χ0n) is 24.5. The van der Waals surface area contributed by atoms with Crippen LogP contribution in [0.1, 0.15) is 83.0 Å². The highest BCUT2D eigenvalue weighted by Gasteiger charge is 2.57. The molecular weight excluding hydrogens is 564 g/mol. The van der Waals surface area contributed by atoms with Crippen LogP contribution >= 0.6 is 11.8 Å². The van der Waals surface area contributed by atoms with E-state index in [0.717, 1.165) is 34.9 Å². The number of aliphatic hydroxyl groups is 1. The first kappa shape index (κ1) is 29.8. The Balaban J connectivity index is 1.35. The van der Waals surface area contributed by atoms with Crippen LogP contribution in [0.15, 0.2) is 28.2 Å². The number of aromatic nitrogens is 3. The van der Waals surface area contributed by atoms with Crippen molar-refractivity contribution in [2.45, 2.75) is 102 Å². The predicted molar refractivity (Wildman–Crippen MR) is 157 cm³/mol. The van der Waals surface area contributed by atoms with Gasteiger partial charge in [-0.1, -0.05) is 32.1 Å². The fourth-order valence-electron chi connectivity index (χ4n) is 6.21. The van der Waals surface area contributed by atoms with Gasteiger partial charge in [-0.3, -0.25) is 4.99 Å². The summed E-state index contributed by atoms with van der Waals surface area (Å²) in [4.78, 5) is 10.3. The van der Waals surface area contributed by atoms with Crippen LogP contribution in [0.3, 0.4) is 0 Å². The molecule has 1 saturated heterocycles. The molecule has 1 aromatic carbocycles. The Bertz CT molecular complexity index is 1370. The van der Waals surface area contributed by atoms with Gasteiger partial charge in [0.05, 0.1) is 42.2 Å². The largest absolute Gasteiger partial charge is 0.394 e. The molecular formula is C30H39F2N5O4S. The maximum atomic E-state index is 13.9. The van der Waals surface area contributed by atoms with Crippen molar-refractivity contribution in [3.63, 3.8) is 0 Å². The van der Waals surface area contributed by atoms with E-state index in [1.165, 1.54) is 12.1 Å². The quantitative estimate of drug-likeness (QED) is 0.412. The second-order valence-corrected chi connectivity index (χ2v) is 13.0. The second kappa shape index (κ2) is 12.0. The van der Waals surface area contributed by atoms with Crippen LogP contribution in [-0.4, -0.2) is 80.0 Å². The Kier molecular flexibility index (Phi) is 8.54. The Labute approximate surface area is 249 Å². The van der Waals surface area contributed by atoms with Crippen LogP contribution < -0.4 is 0 Å². The number of hydrogen-bond donors (Lipinski definition) is 1. The fourth-order valence-corrected chi connectivity index (χ4v) is 7.15. The van der Waals surface area contributed by atoms with Gasteiger partial charge in [0.2, 0.25) is 0 Å². The number of nitrogens with zero attached hydrogens (tertiary/aromatic N) is 5. The molecule has 9 nitrogen and oxygen atoms in total. The second-order valence-electron chi connectivity index (χ2n) is 11.9. The molecule has 12 heteroatoms. The summed E-state index contributed by atoms with van der Waals surface area (Å²) < 4.78 is 48.2. The number of aliphatic imine (C=N–C) groups is 2. The molecule has 0 bridgehead atoms. The van der Waals surface area contributed by atoms with Crippen molar-refractivity contribution >= 4 is 28.3 Å². The van der Waals surface area contributed by atoms with E-state index >= 15 is 0 Å². The molecule has 2 saturated carbocycles. The van der Waals surface area contributed by atoms with E-state index in [9.17, 15) is 13.9 Å². The van der Waals surface area contributed by atoms with Gasteiger partial charge < -0.3 is 19.3 Å². The van der Waals surface area contributed by atoms with Crippen LogP contribution in [-0.2, 0) is 14.2 Å². The first-order valence-electron chi connectivity index (χ1n) is 15.0. The average molecular weight is 604 g/mol. The Morgan fingerprint density at radius 2 is 2.00 bits per heavy atom. The summed E-state index contributed by atoms with van der Waals surface area (Å²) in [5.41, 5.74) is 2.24. The van der Waals surface area contributed by atoms with E-state index in [4.69, 9.17) is 24.2 Å². The standard InChI is InChI=1S/C30H39F2N5O4S/c1-5-11-42-29-16(3)12-22(33-21-14-18(21)17-7-8-19(31)20(32)13-17)25-28(34-29)37(36-35-25)23-15-24(39-10-9-38)27-26(23)40-30(4,6-2)41-27/h7-8,13,16,18,21,23-24,26-27,38H,5-6,9-12,14-15H2,1-4H3. The lowest BCUT2D eigenvalue weighted by atomic mass is 10.0. The van der Waals surface area contributed by atoms with Crippen molar-refractivity contribution in [3.8, 4) is 0 Å². The Morgan fingerprint density at radius 1 is 1.19 bits per heavy atom. The lowest BCUT2D eigenvalue weighted by molar-refractivity contribution is -0.185. The van der Waals surface area contributed by atoms with Gasteiger partial charge in [-0.05, 0) is 49.6 Å². The zero-order valence-corrected chi connectivity index (χ0v) is 25.3. The highest BCUT2D eigenvalue weighted by atomic mass is 32.2. The molecule has 6 rings (SSSR count). The predicted octanol–water partition coefficient (Wildman–Crippen LogP) is 5.35. The van der Waals surface area contributed by atoms with Gasteiger partial charge in [0.25, 0.3) is 0 Å². The third-order valence-electron chi connectivity index (χ3n) is 8.68. The van der Waals surface area contributed by atoms with E-state index in [1.807, 2.05) is 18.5 Å². The summed E-state index contributed by atoms with van der Waals surface area (Å²) >= 11 is 1.75. The molecule has 1 N–H and O–H groups in total. The summed E-state index contributed by atoms with van der Waals surface area (Å²) in [6.45, 7) is 8.42. The van der Waals surface area contributed by atoms with Crippen LogP contribution in [0.2, 0.25) is 0 Å². The van der Waals surface area contributed by atoms with Crippen molar-refractivity contribution < 1.29 is 28.1 Å². The molecule has 2 aliphatic carbocycles. The van der Waals surface area contributed by atoms with E-state index in [0.29, 0.717) is 30.8 Å². The van der Waals surface area contributed by atoms with Gasteiger partial charge >= 0.3 is 0 Å². The van der Waals surface area contributed by atoms with Gasteiger partial charge in [-0.25, -0.2) is 18.5 Å². The van der Waals surface area contributed by atoms with Crippen molar-refractivity contribution in [1.82, 2.24) is 15.0 Å². The maximum absolute atomic E-state index is 13.9. The van der Waals surface area contributed by atoms with Crippen molar-refractivity contribution in [1.29, 1.82) is 0 Å². The van der Waals surface area contributed by atoms with Gasteiger partial charge in [0.1, 0.15) is 12.2 Å². The summed E-state index contributed by atoms with van der Waals surface area (Å²) in [5.74, 6) is -0.639. The summed E-state index contributed by atoms with van der Waals surface area (Å²) in [6.07, 6.45) is 2.84. The van der Waals surface area contributed by atoms with Crippen LogP contribution in [0.4, 0.5) is 14.6 Å². The van der Waals surface area contributed by atoms with Gasteiger partial charge in [0, 0.05) is 24.7 Å². The number of ether oxygens (including phenoxy) is 3. The average Bonchev–Trinajstić information content (AvgIpc) is 3.35. The molecule has 8 unspecified atom stereocenters. The highest BCUT2D eigenvalue weighted by molar-refractivity contribution is 8.14. The number of thioether (sulfide) groups is 1. The molecule has 3 fully saturated rings. The summed E-state index contributed by atoms with van der Waals surface area (Å²) in [6, 6.07) is 3.84. The topological polar surface area (TPSA) is 103 Å². The number of fused-ring (bicyclic) bond motifs is 2. The molecule has 0 amide bonds. The number of hydrogen-bond acceptors (Lipinski definition) is 9. The van der Waals surface area contributed by atoms with Crippen molar-refractivity contribution in [3.05, 3.63) is 41.1 Å². The molecule has 2 aromatic rings. The lowest BCUT2D eigenvalue weighted by Gasteiger charge is -2.26. The Morgan fingerprint density at radius 3 is 2.74 bits per heavy atom. The normalized spacial score (nSPS) is 34.8.